The van der Waals surface area contributed by atoms with Crippen molar-refractivity contribution in [1.29, 1.82) is 0 Å². The van der Waals surface area contributed by atoms with Gasteiger partial charge in [0, 0.05) is 0 Å². The van der Waals surface area contributed by atoms with Crippen LogP contribution < -0.4 is 0 Å². The minimum Gasteiger partial charge on any atom is -0.394 e. The fourth-order valence-electron chi connectivity index (χ4n) is 5.53. The predicted octanol–water partition coefficient (Wildman–Crippen LogP) is -9.75. The highest BCUT2D eigenvalue weighted by molar-refractivity contribution is 4.97. The van der Waals surface area contributed by atoms with Crippen LogP contribution >= 0.6 is 0 Å². The Kier molecular flexibility index (Phi) is 12.8. The highest BCUT2D eigenvalue weighted by Gasteiger charge is 2.55. The second-order valence-electron chi connectivity index (χ2n) is 11.1. The molecule has 21 nitrogen and oxygen atoms in total. The molecule has 21 heteroatoms. The first-order chi connectivity index (χ1) is 21.3. The molecule has 1 unspecified atom stereocenters. The molecule has 0 aromatic heterocycles. The molecule has 20 atom stereocenters. The van der Waals surface area contributed by atoms with Crippen LogP contribution in [0, 0.1) is 0 Å². The number of aliphatic hydroxyl groups excluding tert-OH is 14. The topological polar surface area (TPSA) is 348 Å². The van der Waals surface area contributed by atoms with Gasteiger partial charge in [-0.05, 0) is 0 Å². The van der Waals surface area contributed by atoms with E-state index in [-0.39, 0.29) is 0 Å². The highest BCUT2D eigenvalue weighted by Crippen LogP contribution is 2.34. The molecule has 0 amide bonds. The summed E-state index contributed by atoms with van der Waals surface area (Å²) in [5.74, 6) is 0. The molecule has 0 aromatic carbocycles. The maximum absolute atomic E-state index is 11.0. The summed E-state index contributed by atoms with van der Waals surface area (Å²) in [6.45, 7) is -3.40. The van der Waals surface area contributed by atoms with E-state index < -0.39 is 149 Å². The van der Waals surface area contributed by atoms with Gasteiger partial charge in [-0.2, -0.15) is 0 Å². The van der Waals surface area contributed by atoms with Crippen molar-refractivity contribution in [3.8, 4) is 0 Å². The van der Waals surface area contributed by atoms with Crippen molar-refractivity contribution in [3.05, 3.63) is 0 Å². The summed E-state index contributed by atoms with van der Waals surface area (Å²) in [6, 6.07) is 0. The van der Waals surface area contributed by atoms with Crippen LogP contribution in [0.5, 0.6) is 0 Å². The molecule has 0 saturated carbocycles. The summed E-state index contributed by atoms with van der Waals surface area (Å²) in [5.41, 5.74) is 0. The summed E-state index contributed by atoms with van der Waals surface area (Å²) in [4.78, 5) is 0. The molecule has 14 N–H and O–H groups in total. The van der Waals surface area contributed by atoms with Crippen LogP contribution in [0.1, 0.15) is 0 Å². The maximum atomic E-state index is 11.0. The first kappa shape index (κ1) is 37.0. The SMILES string of the molecule is OC[C@H]1O[C@@H](O[C@@H]2[C@H](O)[C@H](O[C@H]3[C@H](O)[C@H](O)[C@H](O[C@H]4[C@H](O)[C@@H](CO)OC(O)[C@H]4O)O[C@@H]3CO)O[C@H](CO)[C@H]2O)[C@@H](O)[C@@H](O)[C@@H]1O. The Morgan fingerprint density at radius 3 is 1.22 bits per heavy atom. The van der Waals surface area contributed by atoms with E-state index in [0.29, 0.717) is 0 Å². The van der Waals surface area contributed by atoms with Gasteiger partial charge in [-0.15, -0.1) is 0 Å². The van der Waals surface area contributed by atoms with Gasteiger partial charge in [0.05, 0.1) is 26.4 Å². The molecule has 0 radical (unpaired) electrons. The van der Waals surface area contributed by atoms with E-state index in [1.807, 2.05) is 0 Å². The molecular weight excluding hydrogens is 624 g/mol. The van der Waals surface area contributed by atoms with Gasteiger partial charge in [0.2, 0.25) is 0 Å². The van der Waals surface area contributed by atoms with Crippen LogP contribution in [0.3, 0.4) is 0 Å². The zero-order chi connectivity index (χ0) is 33.3. The predicted molar refractivity (Wildman–Crippen MR) is 134 cm³/mol. The third-order valence-corrected chi connectivity index (χ3v) is 8.21. The Hall–Kier alpha value is -0.840. The van der Waals surface area contributed by atoms with Crippen LogP contribution in [0.25, 0.3) is 0 Å². The second kappa shape index (κ2) is 15.6. The Bertz CT molecular complexity index is 914. The van der Waals surface area contributed by atoms with Crippen LogP contribution in [0.4, 0.5) is 0 Å². The van der Waals surface area contributed by atoms with Crippen LogP contribution in [-0.2, 0) is 33.2 Å². The van der Waals surface area contributed by atoms with E-state index in [9.17, 15) is 71.5 Å². The highest BCUT2D eigenvalue weighted by atomic mass is 16.8. The van der Waals surface area contributed by atoms with Crippen molar-refractivity contribution in [1.82, 2.24) is 0 Å². The standard InChI is InChI=1S/C24H42O21/c25-1-5-9(29)12(32)14(34)22(40-5)45-20-11(31)7(3-27)41-24(17(20)37)43-18-8(4-28)42-23(15(35)13(18)33)44-19-10(30)6(2-26)39-21(38)16(19)36/h5-38H,1-4H2/t5-,6-,7-,8-,9-,10-,11-,12+,13-,14+,15+,16+,17+,18-,19+,20+,21?,22+,23+,24+/m1/s1. The zero-order valence-corrected chi connectivity index (χ0v) is 23.5. The minimum atomic E-state index is -2.04. The summed E-state index contributed by atoms with van der Waals surface area (Å²) in [5, 5.41) is 143. The van der Waals surface area contributed by atoms with Gasteiger partial charge in [-0.1, -0.05) is 0 Å². The average Bonchev–Trinajstić information content (AvgIpc) is 3.03. The largest absolute Gasteiger partial charge is 0.394 e. The van der Waals surface area contributed by atoms with Crippen molar-refractivity contribution in [2.24, 2.45) is 0 Å². The number of hydrogen-bond acceptors (Lipinski definition) is 21. The summed E-state index contributed by atoms with van der Waals surface area (Å²) < 4.78 is 37.5. The molecular formula is C24H42O21. The van der Waals surface area contributed by atoms with Gasteiger partial charge in [0.25, 0.3) is 0 Å². The molecule has 0 aromatic rings. The van der Waals surface area contributed by atoms with Crippen molar-refractivity contribution >= 4 is 0 Å². The lowest BCUT2D eigenvalue weighted by Gasteiger charge is -2.49. The molecule has 4 aliphatic rings. The maximum Gasteiger partial charge on any atom is 0.187 e. The molecule has 4 fully saturated rings. The third-order valence-electron chi connectivity index (χ3n) is 8.21. The van der Waals surface area contributed by atoms with Gasteiger partial charge in [0.1, 0.15) is 97.7 Å². The second-order valence-corrected chi connectivity index (χ2v) is 11.1. The lowest BCUT2D eigenvalue weighted by Crippen LogP contribution is -2.67. The molecule has 0 spiro atoms. The van der Waals surface area contributed by atoms with E-state index in [4.69, 9.17) is 33.2 Å². The summed E-state index contributed by atoms with van der Waals surface area (Å²) >= 11 is 0. The van der Waals surface area contributed by atoms with Crippen molar-refractivity contribution in [2.45, 2.75) is 123 Å². The van der Waals surface area contributed by atoms with Crippen molar-refractivity contribution in [3.63, 3.8) is 0 Å². The smallest absolute Gasteiger partial charge is 0.187 e. The number of rotatable bonds is 10. The van der Waals surface area contributed by atoms with Gasteiger partial charge in [-0.3, -0.25) is 0 Å². The van der Waals surface area contributed by atoms with Crippen LogP contribution in [0.15, 0.2) is 0 Å². The van der Waals surface area contributed by atoms with Crippen molar-refractivity contribution in [2.75, 3.05) is 26.4 Å². The lowest BCUT2D eigenvalue weighted by atomic mass is 9.95. The Morgan fingerprint density at radius 1 is 0.333 bits per heavy atom. The molecule has 0 aliphatic carbocycles. The van der Waals surface area contributed by atoms with Gasteiger partial charge < -0.3 is 105 Å². The molecule has 4 rings (SSSR count). The van der Waals surface area contributed by atoms with E-state index in [2.05, 4.69) is 0 Å². The zero-order valence-electron chi connectivity index (χ0n) is 23.5. The number of aliphatic hydroxyl groups is 14. The Labute approximate surface area is 254 Å². The summed E-state index contributed by atoms with van der Waals surface area (Å²) in [6.07, 6.45) is -35.7. The van der Waals surface area contributed by atoms with Crippen LogP contribution in [-0.4, -0.2) is 221 Å². The van der Waals surface area contributed by atoms with E-state index in [1.165, 1.54) is 0 Å². The lowest BCUT2D eigenvalue weighted by molar-refractivity contribution is -0.388. The summed E-state index contributed by atoms with van der Waals surface area (Å²) in [7, 11) is 0. The fraction of sp³-hybridized carbons (Fsp3) is 1.00. The molecule has 4 aliphatic heterocycles. The Morgan fingerprint density at radius 2 is 0.711 bits per heavy atom. The van der Waals surface area contributed by atoms with Crippen molar-refractivity contribution < 1.29 is 105 Å². The first-order valence-corrected chi connectivity index (χ1v) is 14.1. The third kappa shape index (κ3) is 7.44. The van der Waals surface area contributed by atoms with Gasteiger partial charge in [0.15, 0.2) is 25.2 Å². The quantitative estimate of drug-likeness (QED) is 0.103. The van der Waals surface area contributed by atoms with Gasteiger partial charge in [-0.25, -0.2) is 0 Å². The molecule has 45 heavy (non-hydrogen) atoms. The Balaban J connectivity index is 1.48. The van der Waals surface area contributed by atoms with E-state index >= 15 is 0 Å². The normalized spacial score (nSPS) is 52.9. The average molecular weight is 667 g/mol. The molecule has 4 saturated heterocycles. The van der Waals surface area contributed by atoms with Crippen LogP contribution in [0.2, 0.25) is 0 Å². The van der Waals surface area contributed by atoms with Gasteiger partial charge >= 0.3 is 0 Å². The molecule has 4 heterocycles. The first-order valence-electron chi connectivity index (χ1n) is 14.1. The van der Waals surface area contributed by atoms with E-state index in [0.717, 1.165) is 0 Å². The molecule has 0 bridgehead atoms. The monoisotopic (exact) mass is 666 g/mol. The number of hydrogen-bond donors (Lipinski definition) is 14. The van der Waals surface area contributed by atoms with E-state index in [1.54, 1.807) is 0 Å². The minimum absolute atomic E-state index is 0.787. The molecule has 264 valence electrons. The number of ether oxygens (including phenoxy) is 7. The fourth-order valence-corrected chi connectivity index (χ4v) is 5.53.